The maximum absolute atomic E-state index is 13.2. The Kier molecular flexibility index (Phi) is 3.93. The fourth-order valence-electron chi connectivity index (χ4n) is 2.89. The monoisotopic (exact) mass is 284 g/mol. The number of likely N-dealkylation sites (N-methyl/N-ethyl adjacent to an activating group) is 1. The van der Waals surface area contributed by atoms with Crippen molar-refractivity contribution in [2.24, 2.45) is 0 Å². The van der Waals surface area contributed by atoms with E-state index in [-0.39, 0.29) is 11.9 Å². The van der Waals surface area contributed by atoms with E-state index in [9.17, 15) is 4.39 Å². The summed E-state index contributed by atoms with van der Waals surface area (Å²) >= 11 is 0. The molecule has 0 saturated heterocycles. The zero-order valence-electron chi connectivity index (χ0n) is 12.6. The molecule has 0 aromatic heterocycles. The van der Waals surface area contributed by atoms with Gasteiger partial charge in [0.15, 0.2) is 0 Å². The largest absolute Gasteiger partial charge is 0.374 e. The first-order valence-corrected chi connectivity index (χ1v) is 7.45. The van der Waals surface area contributed by atoms with Crippen molar-refractivity contribution >= 4 is 5.69 Å². The third-order valence-electron chi connectivity index (χ3n) is 4.23. The van der Waals surface area contributed by atoms with E-state index in [0.29, 0.717) is 0 Å². The van der Waals surface area contributed by atoms with E-state index in [4.69, 9.17) is 0 Å². The standard InChI is InChI=1S/C18H21FN2/c1-13(15-4-3-5-17(19)11-15)20-12-14-6-7-18-16(10-14)8-9-21(18)2/h3-7,10-11,13,20H,8-9,12H2,1-2H3. The molecule has 1 aliphatic heterocycles. The lowest BCUT2D eigenvalue weighted by atomic mass is 10.1. The molecule has 0 fully saturated rings. The van der Waals surface area contributed by atoms with E-state index in [1.165, 1.54) is 22.9 Å². The summed E-state index contributed by atoms with van der Waals surface area (Å²) in [7, 11) is 2.13. The number of benzene rings is 2. The van der Waals surface area contributed by atoms with Gasteiger partial charge in [-0.3, -0.25) is 0 Å². The fourth-order valence-corrected chi connectivity index (χ4v) is 2.89. The number of nitrogens with zero attached hydrogens (tertiary/aromatic N) is 1. The molecule has 0 aliphatic carbocycles. The summed E-state index contributed by atoms with van der Waals surface area (Å²) in [4.78, 5) is 2.29. The van der Waals surface area contributed by atoms with Crippen LogP contribution in [0.3, 0.4) is 0 Å². The number of hydrogen-bond donors (Lipinski definition) is 1. The van der Waals surface area contributed by atoms with Crippen LogP contribution in [0.1, 0.15) is 29.7 Å². The van der Waals surface area contributed by atoms with Gasteiger partial charge in [-0.05, 0) is 48.2 Å². The molecule has 1 heterocycles. The molecule has 0 spiro atoms. The zero-order valence-corrected chi connectivity index (χ0v) is 12.6. The molecule has 1 atom stereocenters. The summed E-state index contributed by atoms with van der Waals surface area (Å²) in [6.07, 6.45) is 1.12. The predicted molar refractivity (Wildman–Crippen MR) is 85.1 cm³/mol. The van der Waals surface area contributed by atoms with Gasteiger partial charge < -0.3 is 10.2 Å². The van der Waals surface area contributed by atoms with Crippen LogP contribution in [0.25, 0.3) is 0 Å². The lowest BCUT2D eigenvalue weighted by Gasteiger charge is -2.16. The molecule has 1 N–H and O–H groups in total. The zero-order chi connectivity index (χ0) is 14.8. The highest BCUT2D eigenvalue weighted by atomic mass is 19.1. The summed E-state index contributed by atoms with van der Waals surface area (Å²) in [6.45, 7) is 3.97. The van der Waals surface area contributed by atoms with Gasteiger partial charge in [-0.1, -0.05) is 24.3 Å². The summed E-state index contributed by atoms with van der Waals surface area (Å²) in [6, 6.07) is 13.6. The van der Waals surface area contributed by atoms with Crippen molar-refractivity contribution in [2.75, 3.05) is 18.5 Å². The minimum Gasteiger partial charge on any atom is -0.374 e. The van der Waals surface area contributed by atoms with Crippen LogP contribution in [0.5, 0.6) is 0 Å². The Balaban J connectivity index is 1.65. The number of fused-ring (bicyclic) bond motifs is 1. The second kappa shape index (κ2) is 5.86. The Morgan fingerprint density at radius 3 is 2.90 bits per heavy atom. The normalized spacial score (nSPS) is 15.1. The fraction of sp³-hybridized carbons (Fsp3) is 0.333. The maximum Gasteiger partial charge on any atom is 0.123 e. The first-order valence-electron chi connectivity index (χ1n) is 7.45. The quantitative estimate of drug-likeness (QED) is 0.921. The van der Waals surface area contributed by atoms with E-state index < -0.39 is 0 Å². The maximum atomic E-state index is 13.2. The number of rotatable bonds is 4. The lowest BCUT2D eigenvalue weighted by molar-refractivity contribution is 0.565. The van der Waals surface area contributed by atoms with Gasteiger partial charge in [0.25, 0.3) is 0 Å². The molecule has 0 amide bonds. The highest BCUT2D eigenvalue weighted by Crippen LogP contribution is 2.27. The van der Waals surface area contributed by atoms with Crippen molar-refractivity contribution in [1.82, 2.24) is 5.32 Å². The van der Waals surface area contributed by atoms with Crippen molar-refractivity contribution in [2.45, 2.75) is 25.9 Å². The summed E-state index contributed by atoms with van der Waals surface area (Å²) in [5.41, 5.74) is 5.04. The molecule has 110 valence electrons. The molecule has 0 radical (unpaired) electrons. The van der Waals surface area contributed by atoms with Crippen molar-refractivity contribution in [3.63, 3.8) is 0 Å². The SMILES string of the molecule is CC(NCc1ccc2c(c1)CCN2C)c1cccc(F)c1. The van der Waals surface area contributed by atoms with Gasteiger partial charge in [0.05, 0.1) is 0 Å². The van der Waals surface area contributed by atoms with Crippen LogP contribution in [0.15, 0.2) is 42.5 Å². The summed E-state index contributed by atoms with van der Waals surface area (Å²) in [5.74, 6) is -0.179. The van der Waals surface area contributed by atoms with Crippen molar-refractivity contribution in [1.29, 1.82) is 0 Å². The van der Waals surface area contributed by atoms with Crippen molar-refractivity contribution < 1.29 is 4.39 Å². The molecule has 1 aliphatic rings. The third kappa shape index (κ3) is 3.08. The highest BCUT2D eigenvalue weighted by molar-refractivity contribution is 5.58. The van der Waals surface area contributed by atoms with Crippen LogP contribution in [0.4, 0.5) is 10.1 Å². The van der Waals surface area contributed by atoms with Gasteiger partial charge in [0, 0.05) is 31.9 Å². The Hall–Kier alpha value is -1.87. The highest BCUT2D eigenvalue weighted by Gasteiger charge is 2.15. The van der Waals surface area contributed by atoms with Gasteiger partial charge in [-0.15, -0.1) is 0 Å². The van der Waals surface area contributed by atoms with Gasteiger partial charge >= 0.3 is 0 Å². The molecule has 2 aromatic carbocycles. The van der Waals surface area contributed by atoms with Crippen LogP contribution >= 0.6 is 0 Å². The minimum atomic E-state index is -0.179. The molecular formula is C18H21FN2. The molecule has 2 nitrogen and oxygen atoms in total. The van der Waals surface area contributed by atoms with Crippen LogP contribution in [-0.4, -0.2) is 13.6 Å². The van der Waals surface area contributed by atoms with Crippen molar-refractivity contribution in [3.8, 4) is 0 Å². The van der Waals surface area contributed by atoms with Crippen LogP contribution in [-0.2, 0) is 13.0 Å². The van der Waals surface area contributed by atoms with Gasteiger partial charge in [-0.2, -0.15) is 0 Å². The average molecular weight is 284 g/mol. The van der Waals surface area contributed by atoms with E-state index in [2.05, 4.69) is 42.4 Å². The molecular weight excluding hydrogens is 263 g/mol. The molecule has 3 heteroatoms. The Labute approximate surface area is 125 Å². The van der Waals surface area contributed by atoms with Gasteiger partial charge in [-0.25, -0.2) is 4.39 Å². The molecule has 2 aromatic rings. The first-order chi connectivity index (χ1) is 10.1. The Bertz CT molecular complexity index is 639. The van der Waals surface area contributed by atoms with E-state index in [0.717, 1.165) is 25.1 Å². The number of anilines is 1. The van der Waals surface area contributed by atoms with Gasteiger partial charge in [0.2, 0.25) is 0 Å². The molecule has 3 rings (SSSR count). The van der Waals surface area contributed by atoms with Crippen molar-refractivity contribution in [3.05, 3.63) is 65.0 Å². The number of nitrogens with one attached hydrogen (secondary N) is 1. The Morgan fingerprint density at radius 1 is 1.24 bits per heavy atom. The predicted octanol–water partition coefficient (Wildman–Crippen LogP) is 3.67. The third-order valence-corrected chi connectivity index (χ3v) is 4.23. The van der Waals surface area contributed by atoms with Gasteiger partial charge in [0.1, 0.15) is 5.82 Å². The smallest absolute Gasteiger partial charge is 0.123 e. The molecule has 21 heavy (non-hydrogen) atoms. The minimum absolute atomic E-state index is 0.136. The van der Waals surface area contributed by atoms with E-state index >= 15 is 0 Å². The number of halogens is 1. The first kappa shape index (κ1) is 14.1. The molecule has 1 unspecified atom stereocenters. The topological polar surface area (TPSA) is 15.3 Å². The summed E-state index contributed by atoms with van der Waals surface area (Å²) < 4.78 is 13.2. The molecule has 0 saturated carbocycles. The second-order valence-electron chi connectivity index (χ2n) is 5.79. The van der Waals surface area contributed by atoms with E-state index in [1.807, 2.05) is 6.07 Å². The van der Waals surface area contributed by atoms with Crippen LogP contribution < -0.4 is 10.2 Å². The van der Waals surface area contributed by atoms with E-state index in [1.54, 1.807) is 12.1 Å². The average Bonchev–Trinajstić information content (AvgIpc) is 2.86. The Morgan fingerprint density at radius 2 is 2.10 bits per heavy atom. The number of hydrogen-bond acceptors (Lipinski definition) is 2. The van der Waals surface area contributed by atoms with Crippen LogP contribution in [0.2, 0.25) is 0 Å². The summed E-state index contributed by atoms with van der Waals surface area (Å²) in [5, 5.41) is 3.46. The molecule has 0 bridgehead atoms. The van der Waals surface area contributed by atoms with Crippen LogP contribution in [0, 0.1) is 5.82 Å². The lowest BCUT2D eigenvalue weighted by Crippen LogP contribution is -2.18. The second-order valence-corrected chi connectivity index (χ2v) is 5.79.